The number of hydrogen-bond donors (Lipinski definition) is 1. The minimum Gasteiger partial charge on any atom is -0.329 e. The van der Waals surface area contributed by atoms with E-state index in [0.29, 0.717) is 11.4 Å². The number of benzene rings is 1. The second-order valence-corrected chi connectivity index (χ2v) is 5.42. The summed E-state index contributed by atoms with van der Waals surface area (Å²) >= 11 is 1.44. The highest BCUT2D eigenvalue weighted by Gasteiger charge is 2.17. The molecular weight excluding hydrogens is 204 g/mol. The standard InChI is InChI=1S/C10H13F2NS/c1-10(2,6-13)14-7-3-4-8(11)9(12)5-7/h3-5H,6,13H2,1-2H3. The fourth-order valence-corrected chi connectivity index (χ4v) is 1.92. The Morgan fingerprint density at radius 1 is 1.29 bits per heavy atom. The van der Waals surface area contributed by atoms with Crippen LogP contribution < -0.4 is 5.73 Å². The van der Waals surface area contributed by atoms with Crippen LogP contribution in [0.25, 0.3) is 0 Å². The van der Waals surface area contributed by atoms with Gasteiger partial charge in [0.25, 0.3) is 0 Å². The van der Waals surface area contributed by atoms with Crippen molar-refractivity contribution in [2.45, 2.75) is 23.5 Å². The van der Waals surface area contributed by atoms with Gasteiger partial charge in [-0.05, 0) is 32.0 Å². The fraction of sp³-hybridized carbons (Fsp3) is 0.400. The van der Waals surface area contributed by atoms with Crippen LogP contribution in [0.1, 0.15) is 13.8 Å². The molecule has 14 heavy (non-hydrogen) atoms. The molecule has 0 aliphatic heterocycles. The van der Waals surface area contributed by atoms with E-state index in [2.05, 4.69) is 0 Å². The van der Waals surface area contributed by atoms with E-state index in [-0.39, 0.29) is 4.75 Å². The normalized spacial score (nSPS) is 11.8. The second-order valence-electron chi connectivity index (χ2n) is 3.64. The first-order chi connectivity index (χ1) is 6.44. The SMILES string of the molecule is CC(C)(CN)Sc1ccc(F)c(F)c1. The summed E-state index contributed by atoms with van der Waals surface area (Å²) in [4.78, 5) is 0.694. The van der Waals surface area contributed by atoms with E-state index in [4.69, 9.17) is 5.73 Å². The average Bonchev–Trinajstić information content (AvgIpc) is 2.11. The van der Waals surface area contributed by atoms with Gasteiger partial charge in [0.15, 0.2) is 11.6 Å². The molecule has 1 rings (SSSR count). The lowest BCUT2D eigenvalue weighted by Crippen LogP contribution is -2.26. The molecule has 0 unspecified atom stereocenters. The molecule has 0 fully saturated rings. The van der Waals surface area contributed by atoms with Gasteiger partial charge in [-0.1, -0.05) is 0 Å². The van der Waals surface area contributed by atoms with E-state index in [1.54, 1.807) is 6.07 Å². The molecule has 0 heterocycles. The minimum absolute atomic E-state index is 0.162. The van der Waals surface area contributed by atoms with Crippen LogP contribution in [-0.2, 0) is 0 Å². The predicted molar refractivity (Wildman–Crippen MR) is 55.3 cm³/mol. The summed E-state index contributed by atoms with van der Waals surface area (Å²) in [6.45, 7) is 4.40. The smallest absolute Gasteiger partial charge is 0.159 e. The van der Waals surface area contributed by atoms with Crippen molar-refractivity contribution < 1.29 is 8.78 Å². The van der Waals surface area contributed by atoms with Gasteiger partial charge < -0.3 is 5.73 Å². The van der Waals surface area contributed by atoms with E-state index in [1.165, 1.54) is 17.8 Å². The highest BCUT2D eigenvalue weighted by atomic mass is 32.2. The summed E-state index contributed by atoms with van der Waals surface area (Å²) in [7, 11) is 0. The maximum Gasteiger partial charge on any atom is 0.159 e. The molecule has 0 aliphatic rings. The van der Waals surface area contributed by atoms with Gasteiger partial charge in [-0.15, -0.1) is 11.8 Å². The van der Waals surface area contributed by atoms with Crippen molar-refractivity contribution in [1.82, 2.24) is 0 Å². The van der Waals surface area contributed by atoms with Crippen LogP contribution in [0.2, 0.25) is 0 Å². The Labute approximate surface area is 86.7 Å². The maximum absolute atomic E-state index is 12.8. The summed E-state index contributed by atoms with van der Waals surface area (Å²) in [5.74, 6) is -1.64. The predicted octanol–water partition coefficient (Wildman–Crippen LogP) is 2.79. The van der Waals surface area contributed by atoms with Gasteiger partial charge in [-0.25, -0.2) is 8.78 Å². The molecule has 0 aromatic heterocycles. The van der Waals surface area contributed by atoms with Gasteiger partial charge in [0, 0.05) is 16.2 Å². The van der Waals surface area contributed by atoms with Gasteiger partial charge in [-0.3, -0.25) is 0 Å². The van der Waals surface area contributed by atoms with Crippen LogP contribution in [0, 0.1) is 11.6 Å². The Balaban J connectivity index is 2.83. The summed E-state index contributed by atoms with van der Waals surface area (Å²) in [5, 5.41) is 0. The Morgan fingerprint density at radius 2 is 1.93 bits per heavy atom. The first kappa shape index (κ1) is 11.5. The lowest BCUT2D eigenvalue weighted by atomic mass is 10.2. The number of rotatable bonds is 3. The Morgan fingerprint density at radius 3 is 2.43 bits per heavy atom. The third kappa shape index (κ3) is 2.96. The van der Waals surface area contributed by atoms with Crippen molar-refractivity contribution in [1.29, 1.82) is 0 Å². The van der Waals surface area contributed by atoms with Crippen molar-refractivity contribution in [3.05, 3.63) is 29.8 Å². The zero-order chi connectivity index (χ0) is 10.8. The lowest BCUT2D eigenvalue weighted by molar-refractivity contribution is 0.505. The molecule has 0 amide bonds. The minimum atomic E-state index is -0.820. The van der Waals surface area contributed by atoms with Crippen molar-refractivity contribution in [2.24, 2.45) is 5.73 Å². The topological polar surface area (TPSA) is 26.0 Å². The first-order valence-electron chi connectivity index (χ1n) is 4.29. The van der Waals surface area contributed by atoms with Crippen LogP contribution in [-0.4, -0.2) is 11.3 Å². The molecule has 1 aromatic rings. The van der Waals surface area contributed by atoms with Gasteiger partial charge in [0.2, 0.25) is 0 Å². The van der Waals surface area contributed by atoms with Crippen LogP contribution in [0.3, 0.4) is 0 Å². The monoisotopic (exact) mass is 217 g/mol. The molecule has 0 spiro atoms. The summed E-state index contributed by atoms with van der Waals surface area (Å²) < 4.78 is 25.3. The lowest BCUT2D eigenvalue weighted by Gasteiger charge is -2.21. The Kier molecular flexibility index (Phi) is 3.50. The molecule has 0 radical (unpaired) electrons. The average molecular weight is 217 g/mol. The molecule has 1 aromatic carbocycles. The summed E-state index contributed by atoms with van der Waals surface area (Å²) in [6.07, 6.45) is 0. The third-order valence-electron chi connectivity index (χ3n) is 1.78. The van der Waals surface area contributed by atoms with Crippen LogP contribution in [0.15, 0.2) is 23.1 Å². The molecule has 0 saturated carbocycles. The van der Waals surface area contributed by atoms with Gasteiger partial charge in [0.1, 0.15) is 0 Å². The maximum atomic E-state index is 12.8. The number of halogens is 2. The van der Waals surface area contributed by atoms with Crippen LogP contribution in [0.4, 0.5) is 8.78 Å². The molecule has 0 atom stereocenters. The molecule has 4 heteroatoms. The zero-order valence-electron chi connectivity index (χ0n) is 8.18. The van der Waals surface area contributed by atoms with E-state index in [0.717, 1.165) is 6.07 Å². The molecule has 0 bridgehead atoms. The Hall–Kier alpha value is -0.610. The first-order valence-corrected chi connectivity index (χ1v) is 5.10. The van der Waals surface area contributed by atoms with Gasteiger partial charge in [0.05, 0.1) is 0 Å². The van der Waals surface area contributed by atoms with E-state index >= 15 is 0 Å². The molecular formula is C10H13F2NS. The highest BCUT2D eigenvalue weighted by molar-refractivity contribution is 8.00. The molecule has 0 saturated heterocycles. The van der Waals surface area contributed by atoms with E-state index < -0.39 is 11.6 Å². The second kappa shape index (κ2) is 4.28. The van der Waals surface area contributed by atoms with Crippen LogP contribution in [0.5, 0.6) is 0 Å². The van der Waals surface area contributed by atoms with Crippen molar-refractivity contribution in [3.8, 4) is 0 Å². The molecule has 2 N–H and O–H groups in total. The Bertz CT molecular complexity index is 326. The number of nitrogens with two attached hydrogens (primary N) is 1. The molecule has 0 aliphatic carbocycles. The van der Waals surface area contributed by atoms with Crippen molar-refractivity contribution in [3.63, 3.8) is 0 Å². The van der Waals surface area contributed by atoms with E-state index in [1.807, 2.05) is 13.8 Å². The zero-order valence-corrected chi connectivity index (χ0v) is 9.00. The summed E-state index contributed by atoms with van der Waals surface area (Å²) in [6, 6.07) is 3.88. The van der Waals surface area contributed by atoms with Crippen molar-refractivity contribution >= 4 is 11.8 Å². The van der Waals surface area contributed by atoms with E-state index in [9.17, 15) is 8.78 Å². The quantitative estimate of drug-likeness (QED) is 0.788. The largest absolute Gasteiger partial charge is 0.329 e. The third-order valence-corrected chi connectivity index (χ3v) is 2.99. The molecule has 78 valence electrons. The fourth-order valence-electron chi connectivity index (χ4n) is 0.901. The summed E-state index contributed by atoms with van der Waals surface area (Å²) in [5.41, 5.74) is 5.53. The van der Waals surface area contributed by atoms with Gasteiger partial charge >= 0.3 is 0 Å². The van der Waals surface area contributed by atoms with Crippen LogP contribution >= 0.6 is 11.8 Å². The highest BCUT2D eigenvalue weighted by Crippen LogP contribution is 2.32. The van der Waals surface area contributed by atoms with Crippen molar-refractivity contribution in [2.75, 3.05) is 6.54 Å². The number of thioether (sulfide) groups is 1. The van der Waals surface area contributed by atoms with Gasteiger partial charge in [-0.2, -0.15) is 0 Å². The number of hydrogen-bond acceptors (Lipinski definition) is 2. The molecule has 1 nitrogen and oxygen atoms in total.